The number of hydrogen-bond acceptors (Lipinski definition) is 2. The highest BCUT2D eigenvalue weighted by molar-refractivity contribution is 9.10. The Labute approximate surface area is 135 Å². The van der Waals surface area contributed by atoms with Gasteiger partial charge < -0.3 is 10.1 Å². The first-order chi connectivity index (χ1) is 9.93. The largest absolute Gasteiger partial charge is 0.375 e. The second kappa shape index (κ2) is 7.21. The molecule has 0 aromatic heterocycles. The molecule has 0 saturated carbocycles. The Kier molecular flexibility index (Phi) is 5.81. The molecule has 5 unspecified atom stereocenters. The molecule has 2 nitrogen and oxygen atoms in total. The molecule has 1 heterocycles. The first kappa shape index (κ1) is 16.9. The first-order valence-electron chi connectivity index (χ1n) is 7.76. The van der Waals surface area contributed by atoms with Gasteiger partial charge in [-0.25, -0.2) is 4.39 Å². The van der Waals surface area contributed by atoms with Gasteiger partial charge in [0.05, 0.1) is 12.2 Å². The number of halogens is 2. The molecule has 1 aliphatic heterocycles. The maximum Gasteiger partial charge on any atom is 0.123 e. The lowest BCUT2D eigenvalue weighted by molar-refractivity contribution is 0.0476. The average molecular weight is 358 g/mol. The summed E-state index contributed by atoms with van der Waals surface area (Å²) in [5.74, 6) is 0.757. The summed E-state index contributed by atoms with van der Waals surface area (Å²) in [6, 6.07) is 5.20. The van der Waals surface area contributed by atoms with E-state index < -0.39 is 0 Å². The van der Waals surface area contributed by atoms with E-state index in [1.807, 2.05) is 0 Å². The van der Waals surface area contributed by atoms with Gasteiger partial charge in [-0.15, -0.1) is 0 Å². The molecule has 1 N–H and O–H groups in total. The Morgan fingerprint density at radius 1 is 1.29 bits per heavy atom. The predicted octanol–water partition coefficient (Wildman–Crippen LogP) is 4.17. The fourth-order valence-electron chi connectivity index (χ4n) is 3.53. The standard InChI is InChI=1S/C17H25BrFNO/c1-5-20-16(17-10(2)11(3)21-12(17)4)9-13-8-14(19)6-7-15(13)18/h6-8,10-12,16-17,20H,5,9H2,1-4H3. The van der Waals surface area contributed by atoms with E-state index in [0.29, 0.717) is 17.9 Å². The highest BCUT2D eigenvalue weighted by Crippen LogP contribution is 2.36. The molecule has 5 atom stereocenters. The Hall–Kier alpha value is -0.450. The third-order valence-corrected chi connectivity index (χ3v) is 5.47. The third kappa shape index (κ3) is 3.85. The van der Waals surface area contributed by atoms with E-state index in [-0.39, 0.29) is 18.0 Å². The Balaban J connectivity index is 2.21. The van der Waals surface area contributed by atoms with Crippen molar-refractivity contribution in [1.82, 2.24) is 5.32 Å². The molecule has 1 saturated heterocycles. The van der Waals surface area contributed by atoms with E-state index >= 15 is 0 Å². The van der Waals surface area contributed by atoms with Crippen molar-refractivity contribution in [3.8, 4) is 0 Å². The lowest BCUT2D eigenvalue weighted by atomic mass is 9.81. The van der Waals surface area contributed by atoms with Crippen LogP contribution in [0.3, 0.4) is 0 Å². The van der Waals surface area contributed by atoms with Gasteiger partial charge in [0, 0.05) is 16.4 Å². The summed E-state index contributed by atoms with van der Waals surface area (Å²) in [6.45, 7) is 9.56. The molecular formula is C17H25BrFNO. The van der Waals surface area contributed by atoms with Gasteiger partial charge in [-0.1, -0.05) is 29.8 Å². The lowest BCUT2D eigenvalue weighted by Crippen LogP contribution is -2.43. The third-order valence-electron chi connectivity index (χ3n) is 4.70. The van der Waals surface area contributed by atoms with E-state index in [4.69, 9.17) is 4.74 Å². The number of likely N-dealkylation sites (N-methyl/N-ethyl adjacent to an activating group) is 1. The van der Waals surface area contributed by atoms with Gasteiger partial charge in [-0.2, -0.15) is 0 Å². The molecule has 0 bridgehead atoms. The zero-order valence-electron chi connectivity index (χ0n) is 13.2. The smallest absolute Gasteiger partial charge is 0.123 e. The van der Waals surface area contributed by atoms with Crippen molar-refractivity contribution in [2.75, 3.05) is 6.54 Å². The van der Waals surface area contributed by atoms with Crippen LogP contribution in [0.4, 0.5) is 4.39 Å². The van der Waals surface area contributed by atoms with Crippen molar-refractivity contribution >= 4 is 15.9 Å². The number of benzene rings is 1. The Morgan fingerprint density at radius 3 is 2.57 bits per heavy atom. The van der Waals surface area contributed by atoms with E-state index in [9.17, 15) is 4.39 Å². The molecule has 0 amide bonds. The van der Waals surface area contributed by atoms with E-state index in [2.05, 4.69) is 48.9 Å². The van der Waals surface area contributed by atoms with Crippen LogP contribution in [0.25, 0.3) is 0 Å². The van der Waals surface area contributed by atoms with Crippen LogP contribution < -0.4 is 5.32 Å². The molecule has 0 radical (unpaired) electrons. The summed E-state index contributed by atoms with van der Waals surface area (Å²) < 4.78 is 20.5. The molecular weight excluding hydrogens is 333 g/mol. The summed E-state index contributed by atoms with van der Waals surface area (Å²) >= 11 is 3.54. The van der Waals surface area contributed by atoms with Crippen molar-refractivity contribution in [2.24, 2.45) is 11.8 Å². The molecule has 1 fully saturated rings. The van der Waals surface area contributed by atoms with Gasteiger partial charge in [-0.3, -0.25) is 0 Å². The van der Waals surface area contributed by atoms with Gasteiger partial charge in [0.2, 0.25) is 0 Å². The van der Waals surface area contributed by atoms with Crippen LogP contribution in [0.1, 0.15) is 33.3 Å². The van der Waals surface area contributed by atoms with E-state index in [1.165, 1.54) is 6.07 Å². The Bertz CT molecular complexity index is 482. The summed E-state index contributed by atoms with van der Waals surface area (Å²) in [6.07, 6.45) is 1.32. The number of nitrogens with one attached hydrogen (secondary N) is 1. The van der Waals surface area contributed by atoms with E-state index in [0.717, 1.165) is 23.0 Å². The SMILES string of the molecule is CCNC(Cc1cc(F)ccc1Br)C1C(C)OC(C)C1C. The maximum absolute atomic E-state index is 13.5. The quantitative estimate of drug-likeness (QED) is 0.853. The minimum Gasteiger partial charge on any atom is -0.375 e. The molecule has 4 heteroatoms. The minimum atomic E-state index is -0.180. The monoisotopic (exact) mass is 357 g/mol. The van der Waals surface area contributed by atoms with Gasteiger partial charge in [0.1, 0.15) is 5.82 Å². The first-order valence-corrected chi connectivity index (χ1v) is 8.56. The molecule has 1 aliphatic rings. The van der Waals surface area contributed by atoms with Gasteiger partial charge >= 0.3 is 0 Å². The summed E-state index contributed by atoms with van der Waals surface area (Å²) in [7, 11) is 0. The van der Waals surface area contributed by atoms with Gasteiger partial charge in [-0.05, 0) is 56.5 Å². The average Bonchev–Trinajstić information content (AvgIpc) is 2.67. The molecule has 1 aromatic rings. The lowest BCUT2D eigenvalue weighted by Gasteiger charge is -2.30. The van der Waals surface area contributed by atoms with Crippen LogP contribution in [0.15, 0.2) is 22.7 Å². The molecule has 118 valence electrons. The van der Waals surface area contributed by atoms with E-state index in [1.54, 1.807) is 12.1 Å². The van der Waals surface area contributed by atoms with Gasteiger partial charge in [0.25, 0.3) is 0 Å². The highest BCUT2D eigenvalue weighted by atomic mass is 79.9. The van der Waals surface area contributed by atoms with Crippen molar-refractivity contribution in [3.05, 3.63) is 34.1 Å². The predicted molar refractivity (Wildman–Crippen MR) is 87.9 cm³/mol. The zero-order valence-corrected chi connectivity index (χ0v) is 14.8. The van der Waals surface area contributed by atoms with Crippen molar-refractivity contribution < 1.29 is 9.13 Å². The van der Waals surface area contributed by atoms with Crippen LogP contribution in [-0.4, -0.2) is 24.8 Å². The van der Waals surface area contributed by atoms with Crippen LogP contribution in [0, 0.1) is 17.7 Å². The Morgan fingerprint density at radius 2 is 2.00 bits per heavy atom. The second-order valence-electron chi connectivity index (χ2n) is 6.09. The minimum absolute atomic E-state index is 0.180. The molecule has 0 aliphatic carbocycles. The van der Waals surface area contributed by atoms with Crippen molar-refractivity contribution in [3.63, 3.8) is 0 Å². The summed E-state index contributed by atoms with van der Waals surface area (Å²) in [5.41, 5.74) is 1.01. The number of rotatable bonds is 5. The van der Waals surface area contributed by atoms with Crippen LogP contribution >= 0.6 is 15.9 Å². The molecule has 2 rings (SSSR count). The normalized spacial score (nSPS) is 30.6. The summed E-state index contributed by atoms with van der Waals surface area (Å²) in [5, 5.41) is 3.58. The highest BCUT2D eigenvalue weighted by Gasteiger charge is 2.41. The molecule has 1 aromatic carbocycles. The second-order valence-corrected chi connectivity index (χ2v) is 6.94. The molecule has 0 spiro atoms. The van der Waals surface area contributed by atoms with Crippen LogP contribution in [-0.2, 0) is 11.2 Å². The van der Waals surface area contributed by atoms with Crippen LogP contribution in [0.2, 0.25) is 0 Å². The maximum atomic E-state index is 13.5. The fourth-order valence-corrected chi connectivity index (χ4v) is 3.94. The zero-order chi connectivity index (χ0) is 15.6. The molecule has 21 heavy (non-hydrogen) atoms. The topological polar surface area (TPSA) is 21.3 Å². The van der Waals surface area contributed by atoms with Crippen LogP contribution in [0.5, 0.6) is 0 Å². The van der Waals surface area contributed by atoms with Crippen molar-refractivity contribution in [2.45, 2.75) is 52.4 Å². The summed E-state index contributed by atoms with van der Waals surface area (Å²) in [4.78, 5) is 0. The fraction of sp³-hybridized carbons (Fsp3) is 0.647. The number of ether oxygens (including phenoxy) is 1. The number of hydrogen-bond donors (Lipinski definition) is 1. The van der Waals surface area contributed by atoms with Gasteiger partial charge in [0.15, 0.2) is 0 Å². The van der Waals surface area contributed by atoms with Crippen molar-refractivity contribution in [1.29, 1.82) is 0 Å².